The van der Waals surface area contributed by atoms with Gasteiger partial charge in [-0.2, -0.15) is 0 Å². The van der Waals surface area contributed by atoms with Crippen LogP contribution in [0.2, 0.25) is 36.3 Å². The third-order valence-electron chi connectivity index (χ3n) is 6.68. The quantitative estimate of drug-likeness (QED) is 0.257. The summed E-state index contributed by atoms with van der Waals surface area (Å²) >= 11 is 0. The summed E-state index contributed by atoms with van der Waals surface area (Å²) < 4.78 is 3.06. The van der Waals surface area contributed by atoms with E-state index in [2.05, 4.69) is 61.9 Å². The van der Waals surface area contributed by atoms with Crippen LogP contribution in [0, 0.1) is 0 Å². The van der Waals surface area contributed by atoms with Gasteiger partial charge in [0.1, 0.15) is 34.1 Å². The second-order valence-electron chi connectivity index (χ2n) is 9.24. The van der Waals surface area contributed by atoms with Crippen LogP contribution in [0.25, 0.3) is 11.2 Å². The van der Waals surface area contributed by atoms with Gasteiger partial charge < -0.3 is 4.23 Å². The number of fused-ring (bicyclic) bond motifs is 1. The average Bonchev–Trinajstić information content (AvgIpc) is 2.75. The lowest BCUT2D eigenvalue weighted by molar-refractivity contribution is 0.870. The standard InChI is InChI=1S/C24H45N5Si2/c1-7-13-30(14-8-2,15-9-3)29(31(16-10-4,17-11-5)18-12-6)23-20-26-22-19-25-21-27-24(22)28-23/h19-21H,7-18H2,1-6H3. The van der Waals surface area contributed by atoms with Gasteiger partial charge in [-0.3, -0.25) is 0 Å². The lowest BCUT2D eigenvalue weighted by atomic mass is 10.5. The highest BCUT2D eigenvalue weighted by Gasteiger charge is 2.49. The summed E-state index contributed by atoms with van der Waals surface area (Å²) in [4.78, 5) is 18.6. The molecule has 0 amide bonds. The van der Waals surface area contributed by atoms with Gasteiger partial charge in [0.15, 0.2) is 5.65 Å². The third kappa shape index (κ3) is 5.92. The van der Waals surface area contributed by atoms with E-state index in [-0.39, 0.29) is 0 Å². The summed E-state index contributed by atoms with van der Waals surface area (Å²) in [6, 6.07) is 8.19. The molecule has 0 spiro atoms. The molecule has 0 bridgehead atoms. The van der Waals surface area contributed by atoms with Gasteiger partial charge in [0, 0.05) is 0 Å². The molecular weight excluding hydrogens is 414 g/mol. The number of hydrogen-bond donors (Lipinski definition) is 0. The monoisotopic (exact) mass is 459 g/mol. The maximum absolute atomic E-state index is 5.18. The Bertz CT molecular complexity index is 725. The number of rotatable bonds is 15. The van der Waals surface area contributed by atoms with Gasteiger partial charge in [0.2, 0.25) is 0 Å². The van der Waals surface area contributed by atoms with Crippen molar-refractivity contribution >= 4 is 33.5 Å². The van der Waals surface area contributed by atoms with E-state index >= 15 is 0 Å². The first-order chi connectivity index (χ1) is 15.1. The first-order valence-electron chi connectivity index (χ1n) is 12.8. The summed E-state index contributed by atoms with van der Waals surface area (Å²) in [5, 5.41) is 0. The summed E-state index contributed by atoms with van der Waals surface area (Å²) in [6.45, 7) is 14.3. The van der Waals surface area contributed by atoms with Crippen LogP contribution in [-0.4, -0.2) is 36.4 Å². The zero-order valence-corrected chi connectivity index (χ0v) is 23.0. The molecule has 2 heterocycles. The van der Waals surface area contributed by atoms with Gasteiger partial charge in [-0.05, 0) is 36.3 Å². The van der Waals surface area contributed by atoms with Crippen molar-refractivity contribution in [2.45, 2.75) is 116 Å². The average molecular weight is 460 g/mol. The smallest absolute Gasteiger partial charge is 0.183 e. The van der Waals surface area contributed by atoms with Crippen molar-refractivity contribution < 1.29 is 0 Å². The van der Waals surface area contributed by atoms with E-state index in [1.165, 1.54) is 74.8 Å². The maximum Gasteiger partial charge on any atom is 0.183 e. The molecule has 0 fully saturated rings. The Balaban J connectivity index is 2.81. The molecule has 0 aromatic carbocycles. The molecule has 0 radical (unpaired) electrons. The molecule has 5 nitrogen and oxygen atoms in total. The molecule has 0 N–H and O–H groups in total. The predicted molar refractivity (Wildman–Crippen MR) is 140 cm³/mol. The normalized spacial score (nSPS) is 12.5. The highest BCUT2D eigenvalue weighted by Crippen LogP contribution is 2.42. The van der Waals surface area contributed by atoms with Gasteiger partial charge in [-0.15, -0.1) is 0 Å². The van der Waals surface area contributed by atoms with Crippen LogP contribution in [-0.2, 0) is 0 Å². The van der Waals surface area contributed by atoms with Crippen molar-refractivity contribution in [2.24, 2.45) is 0 Å². The molecule has 31 heavy (non-hydrogen) atoms. The van der Waals surface area contributed by atoms with Crippen molar-refractivity contribution in [3.05, 3.63) is 18.7 Å². The highest BCUT2D eigenvalue weighted by molar-refractivity contribution is 7.02. The van der Waals surface area contributed by atoms with Gasteiger partial charge in [0.05, 0.1) is 12.4 Å². The largest absolute Gasteiger partial charge is 0.407 e. The van der Waals surface area contributed by atoms with Crippen molar-refractivity contribution in [1.82, 2.24) is 19.9 Å². The first-order valence-corrected chi connectivity index (χ1v) is 17.9. The van der Waals surface area contributed by atoms with E-state index in [0.717, 1.165) is 17.0 Å². The van der Waals surface area contributed by atoms with E-state index < -0.39 is 16.5 Å². The Morgan fingerprint density at radius 2 is 1.10 bits per heavy atom. The number of anilines is 1. The second kappa shape index (κ2) is 12.6. The van der Waals surface area contributed by atoms with Crippen molar-refractivity contribution in [3.63, 3.8) is 0 Å². The molecule has 0 aliphatic carbocycles. The summed E-state index contributed by atoms with van der Waals surface area (Å²) in [7, 11) is -3.50. The molecule has 0 saturated heterocycles. The minimum atomic E-state index is -1.75. The molecule has 0 saturated carbocycles. The third-order valence-corrected chi connectivity index (χ3v) is 20.5. The van der Waals surface area contributed by atoms with E-state index in [0.29, 0.717) is 0 Å². The fourth-order valence-corrected chi connectivity index (χ4v) is 21.7. The lowest BCUT2D eigenvalue weighted by Crippen LogP contribution is -2.67. The summed E-state index contributed by atoms with van der Waals surface area (Å²) in [5.41, 5.74) is 1.55. The SMILES string of the molecule is CCC[Si](CCC)(CCC)N(c1cnc2cncnc2n1)[Si](CCC)(CCC)CCC. The number of hydrogen-bond acceptors (Lipinski definition) is 5. The molecule has 2 aromatic heterocycles. The lowest BCUT2D eigenvalue weighted by Gasteiger charge is -2.54. The molecule has 7 heteroatoms. The molecule has 0 aliphatic heterocycles. The summed E-state index contributed by atoms with van der Waals surface area (Å²) in [5.74, 6) is 1.13. The Hall–Kier alpha value is -1.35. The Morgan fingerprint density at radius 1 is 0.645 bits per heavy atom. The van der Waals surface area contributed by atoms with Crippen LogP contribution in [0.15, 0.2) is 18.7 Å². The Morgan fingerprint density at radius 3 is 1.52 bits per heavy atom. The van der Waals surface area contributed by atoms with Crippen LogP contribution >= 0.6 is 0 Å². The van der Waals surface area contributed by atoms with Crippen molar-refractivity contribution in [1.29, 1.82) is 0 Å². The van der Waals surface area contributed by atoms with Gasteiger partial charge >= 0.3 is 0 Å². The zero-order chi connectivity index (χ0) is 22.7. The van der Waals surface area contributed by atoms with E-state index in [4.69, 9.17) is 9.97 Å². The topological polar surface area (TPSA) is 54.8 Å². The molecule has 0 aliphatic rings. The van der Waals surface area contributed by atoms with Gasteiger partial charge in [-0.1, -0.05) is 80.1 Å². The van der Waals surface area contributed by atoms with E-state index in [1.807, 2.05) is 0 Å². The van der Waals surface area contributed by atoms with Gasteiger partial charge in [0.25, 0.3) is 0 Å². The van der Waals surface area contributed by atoms with Gasteiger partial charge in [-0.25, -0.2) is 19.9 Å². The second-order valence-corrected chi connectivity index (χ2v) is 18.5. The first kappa shape index (κ1) is 25.9. The fourth-order valence-electron chi connectivity index (χ4n) is 6.07. The highest BCUT2D eigenvalue weighted by atomic mass is 28.4. The summed E-state index contributed by atoms with van der Waals surface area (Å²) in [6.07, 6.45) is 13.0. The van der Waals surface area contributed by atoms with E-state index in [1.54, 1.807) is 12.5 Å². The maximum atomic E-state index is 5.18. The molecule has 174 valence electrons. The number of aromatic nitrogens is 4. The van der Waals surface area contributed by atoms with Crippen molar-refractivity contribution in [3.8, 4) is 0 Å². The Labute approximate surface area is 192 Å². The van der Waals surface area contributed by atoms with Crippen LogP contribution in [0.5, 0.6) is 0 Å². The predicted octanol–water partition coefficient (Wildman–Crippen LogP) is 7.58. The minimum absolute atomic E-state index is 0.747. The molecular formula is C24H45N5Si2. The van der Waals surface area contributed by atoms with Crippen LogP contribution in [0.4, 0.5) is 5.82 Å². The molecule has 0 atom stereocenters. The van der Waals surface area contributed by atoms with E-state index in [9.17, 15) is 0 Å². The molecule has 2 aromatic rings. The minimum Gasteiger partial charge on any atom is -0.407 e. The number of nitrogens with zero attached hydrogens (tertiary/aromatic N) is 5. The van der Waals surface area contributed by atoms with Crippen LogP contribution in [0.1, 0.15) is 80.1 Å². The fraction of sp³-hybridized carbons (Fsp3) is 0.750. The van der Waals surface area contributed by atoms with Crippen LogP contribution in [0.3, 0.4) is 0 Å². The molecule has 0 unspecified atom stereocenters. The van der Waals surface area contributed by atoms with Crippen LogP contribution < -0.4 is 4.23 Å². The van der Waals surface area contributed by atoms with Crippen molar-refractivity contribution in [2.75, 3.05) is 4.23 Å². The Kier molecular flexibility index (Phi) is 10.6. The molecule has 2 rings (SSSR count). The zero-order valence-electron chi connectivity index (χ0n) is 21.0.